The average Bonchev–Trinajstić information content (AvgIpc) is 3.06. The van der Waals surface area contributed by atoms with E-state index in [0.29, 0.717) is 5.92 Å². The number of hydrazine groups is 1. The zero-order chi connectivity index (χ0) is 12.4. The van der Waals surface area contributed by atoms with E-state index in [0.717, 1.165) is 23.0 Å². The van der Waals surface area contributed by atoms with E-state index in [-0.39, 0.29) is 6.04 Å². The highest BCUT2D eigenvalue weighted by atomic mass is 16.5. The highest BCUT2D eigenvalue weighted by Gasteiger charge is 2.40. The summed E-state index contributed by atoms with van der Waals surface area (Å²) in [6.07, 6.45) is 1.22. The first-order chi connectivity index (χ1) is 8.19. The van der Waals surface area contributed by atoms with E-state index in [1.54, 1.807) is 14.2 Å². The molecule has 0 radical (unpaired) electrons. The smallest absolute Gasteiger partial charge is 0.122 e. The van der Waals surface area contributed by atoms with Crippen molar-refractivity contribution in [1.82, 2.24) is 5.43 Å². The van der Waals surface area contributed by atoms with Gasteiger partial charge in [-0.15, -0.1) is 0 Å². The average molecular weight is 236 g/mol. The Kier molecular flexibility index (Phi) is 3.54. The number of rotatable bonds is 5. The van der Waals surface area contributed by atoms with Crippen molar-refractivity contribution in [3.63, 3.8) is 0 Å². The summed E-state index contributed by atoms with van der Waals surface area (Å²) in [6.45, 7) is 2.24. The summed E-state index contributed by atoms with van der Waals surface area (Å²) in [6, 6.07) is 6.07. The first kappa shape index (κ1) is 12.2. The van der Waals surface area contributed by atoms with Gasteiger partial charge in [-0.3, -0.25) is 11.3 Å². The Hall–Kier alpha value is -1.26. The van der Waals surface area contributed by atoms with E-state index in [4.69, 9.17) is 15.3 Å². The second-order valence-corrected chi connectivity index (χ2v) is 4.67. The van der Waals surface area contributed by atoms with Crippen LogP contribution in [0, 0.1) is 11.8 Å². The molecule has 4 heteroatoms. The monoisotopic (exact) mass is 236 g/mol. The summed E-state index contributed by atoms with van der Waals surface area (Å²) in [5.74, 6) is 8.60. The highest BCUT2D eigenvalue weighted by molar-refractivity contribution is 5.40. The Labute approximate surface area is 102 Å². The Morgan fingerprint density at radius 1 is 1.24 bits per heavy atom. The van der Waals surface area contributed by atoms with E-state index in [9.17, 15) is 0 Å². The summed E-state index contributed by atoms with van der Waals surface area (Å²) in [4.78, 5) is 0. The van der Waals surface area contributed by atoms with Crippen LogP contribution in [-0.2, 0) is 0 Å². The topological polar surface area (TPSA) is 56.5 Å². The van der Waals surface area contributed by atoms with Gasteiger partial charge in [0.1, 0.15) is 11.5 Å². The molecule has 0 aliphatic heterocycles. The molecule has 1 saturated carbocycles. The number of ether oxygens (including phenoxy) is 2. The molecular weight excluding hydrogens is 216 g/mol. The van der Waals surface area contributed by atoms with Gasteiger partial charge in [0.05, 0.1) is 14.2 Å². The second-order valence-electron chi connectivity index (χ2n) is 4.67. The molecule has 2 rings (SSSR count). The van der Waals surface area contributed by atoms with Gasteiger partial charge in [0.15, 0.2) is 0 Å². The van der Waals surface area contributed by atoms with Gasteiger partial charge >= 0.3 is 0 Å². The fourth-order valence-corrected chi connectivity index (χ4v) is 2.29. The van der Waals surface area contributed by atoms with E-state index in [1.807, 2.05) is 18.2 Å². The van der Waals surface area contributed by atoms with Gasteiger partial charge in [-0.2, -0.15) is 0 Å². The predicted molar refractivity (Wildman–Crippen MR) is 66.9 cm³/mol. The minimum atomic E-state index is 0.175. The normalized spacial score (nSPS) is 24.2. The zero-order valence-corrected chi connectivity index (χ0v) is 10.6. The van der Waals surface area contributed by atoms with Gasteiger partial charge < -0.3 is 9.47 Å². The molecule has 0 heterocycles. The molecule has 0 bridgehead atoms. The molecule has 1 aliphatic carbocycles. The summed E-state index contributed by atoms with van der Waals surface area (Å²) >= 11 is 0. The number of hydrogen-bond donors (Lipinski definition) is 2. The molecule has 1 aromatic carbocycles. The molecule has 0 aromatic heterocycles. The fourth-order valence-electron chi connectivity index (χ4n) is 2.29. The number of nitrogens with two attached hydrogens (primary N) is 1. The van der Waals surface area contributed by atoms with Gasteiger partial charge in [0.2, 0.25) is 0 Å². The minimum Gasteiger partial charge on any atom is -0.497 e. The van der Waals surface area contributed by atoms with Crippen LogP contribution in [0.15, 0.2) is 18.2 Å². The van der Waals surface area contributed by atoms with Crippen LogP contribution in [-0.4, -0.2) is 14.2 Å². The molecule has 0 spiro atoms. The molecule has 3 unspecified atom stereocenters. The highest BCUT2D eigenvalue weighted by Crippen LogP contribution is 2.47. The lowest BCUT2D eigenvalue weighted by atomic mass is 10.0. The van der Waals surface area contributed by atoms with Crippen LogP contribution in [0.5, 0.6) is 11.5 Å². The molecule has 3 atom stereocenters. The van der Waals surface area contributed by atoms with Crippen molar-refractivity contribution in [3.05, 3.63) is 23.8 Å². The van der Waals surface area contributed by atoms with Crippen molar-refractivity contribution in [2.75, 3.05) is 14.2 Å². The van der Waals surface area contributed by atoms with E-state index in [2.05, 4.69) is 12.3 Å². The number of benzene rings is 1. The number of methoxy groups -OCH3 is 2. The standard InChI is InChI=1S/C13H20N2O2/c1-8-4-12(8)13(15-14)9-5-10(16-2)7-11(6-9)17-3/h5-8,12-13,15H,4,14H2,1-3H3. The maximum absolute atomic E-state index is 5.66. The Morgan fingerprint density at radius 2 is 1.76 bits per heavy atom. The lowest BCUT2D eigenvalue weighted by Gasteiger charge is -2.18. The van der Waals surface area contributed by atoms with Crippen LogP contribution in [0.25, 0.3) is 0 Å². The lowest BCUT2D eigenvalue weighted by molar-refractivity contribution is 0.389. The van der Waals surface area contributed by atoms with Gasteiger partial charge in [0.25, 0.3) is 0 Å². The summed E-state index contributed by atoms with van der Waals surface area (Å²) in [7, 11) is 3.31. The predicted octanol–water partition coefficient (Wildman–Crippen LogP) is 1.86. The molecule has 1 fully saturated rings. The molecular formula is C13H20N2O2. The van der Waals surface area contributed by atoms with E-state index < -0.39 is 0 Å². The first-order valence-corrected chi connectivity index (χ1v) is 5.88. The Balaban J connectivity index is 2.28. The van der Waals surface area contributed by atoms with Crippen LogP contribution in [0.4, 0.5) is 0 Å². The van der Waals surface area contributed by atoms with Crippen molar-refractivity contribution in [2.45, 2.75) is 19.4 Å². The molecule has 17 heavy (non-hydrogen) atoms. The Bertz CT molecular complexity index is 373. The van der Waals surface area contributed by atoms with Crippen LogP contribution in [0.1, 0.15) is 24.9 Å². The van der Waals surface area contributed by atoms with Crippen molar-refractivity contribution in [1.29, 1.82) is 0 Å². The molecule has 0 amide bonds. The maximum atomic E-state index is 5.66. The van der Waals surface area contributed by atoms with E-state index in [1.165, 1.54) is 6.42 Å². The van der Waals surface area contributed by atoms with Crippen molar-refractivity contribution in [3.8, 4) is 11.5 Å². The van der Waals surface area contributed by atoms with Crippen molar-refractivity contribution < 1.29 is 9.47 Å². The summed E-state index contributed by atoms with van der Waals surface area (Å²) in [5.41, 5.74) is 4.03. The van der Waals surface area contributed by atoms with Gasteiger partial charge in [0, 0.05) is 12.1 Å². The van der Waals surface area contributed by atoms with Gasteiger partial charge in [-0.25, -0.2) is 0 Å². The quantitative estimate of drug-likeness (QED) is 0.605. The second kappa shape index (κ2) is 4.94. The number of hydrogen-bond acceptors (Lipinski definition) is 4. The third kappa shape index (κ3) is 2.53. The van der Waals surface area contributed by atoms with Crippen LogP contribution in [0.2, 0.25) is 0 Å². The molecule has 0 saturated heterocycles. The van der Waals surface area contributed by atoms with E-state index >= 15 is 0 Å². The SMILES string of the molecule is COc1cc(OC)cc(C(NN)C2CC2C)c1. The number of nitrogens with one attached hydrogen (secondary N) is 1. The summed E-state index contributed by atoms with van der Waals surface area (Å²) in [5, 5.41) is 0. The lowest BCUT2D eigenvalue weighted by Crippen LogP contribution is -2.29. The molecule has 4 nitrogen and oxygen atoms in total. The Morgan fingerprint density at radius 3 is 2.12 bits per heavy atom. The van der Waals surface area contributed by atoms with Crippen molar-refractivity contribution in [2.24, 2.45) is 17.7 Å². The third-order valence-electron chi connectivity index (χ3n) is 3.51. The fraction of sp³-hybridized carbons (Fsp3) is 0.538. The first-order valence-electron chi connectivity index (χ1n) is 5.88. The van der Waals surface area contributed by atoms with Crippen LogP contribution < -0.4 is 20.7 Å². The molecule has 94 valence electrons. The molecule has 1 aromatic rings. The maximum Gasteiger partial charge on any atom is 0.122 e. The minimum absolute atomic E-state index is 0.175. The van der Waals surface area contributed by atoms with Gasteiger partial charge in [-0.05, 0) is 36.0 Å². The van der Waals surface area contributed by atoms with Gasteiger partial charge in [-0.1, -0.05) is 6.92 Å². The third-order valence-corrected chi connectivity index (χ3v) is 3.51. The molecule has 3 N–H and O–H groups in total. The van der Waals surface area contributed by atoms with Crippen molar-refractivity contribution >= 4 is 0 Å². The van der Waals surface area contributed by atoms with Crippen LogP contribution in [0.3, 0.4) is 0 Å². The zero-order valence-electron chi connectivity index (χ0n) is 10.6. The molecule has 1 aliphatic rings. The van der Waals surface area contributed by atoms with Crippen LogP contribution >= 0.6 is 0 Å². The largest absolute Gasteiger partial charge is 0.497 e. The summed E-state index contributed by atoms with van der Waals surface area (Å²) < 4.78 is 10.5.